The van der Waals surface area contributed by atoms with Crippen molar-refractivity contribution in [1.82, 2.24) is 15.1 Å². The first-order valence-corrected chi connectivity index (χ1v) is 9.43. The van der Waals surface area contributed by atoms with Gasteiger partial charge in [-0.3, -0.25) is 14.5 Å². The predicted molar refractivity (Wildman–Crippen MR) is 100 cm³/mol. The number of carbonyl (C=O) groups is 2. The van der Waals surface area contributed by atoms with Gasteiger partial charge in [0.2, 0.25) is 11.8 Å². The number of amides is 2. The first kappa shape index (κ1) is 20.6. The Kier molecular flexibility index (Phi) is 7.85. The van der Waals surface area contributed by atoms with Gasteiger partial charge in [0.1, 0.15) is 5.82 Å². The lowest BCUT2D eigenvalue weighted by Crippen LogP contribution is -2.50. The maximum Gasteiger partial charge on any atom is 0.242 e. The van der Waals surface area contributed by atoms with Crippen LogP contribution in [0.25, 0.3) is 0 Å². The van der Waals surface area contributed by atoms with Crippen molar-refractivity contribution in [2.24, 2.45) is 5.92 Å². The quantitative estimate of drug-likeness (QED) is 0.787. The standard InChI is InChI=1S/C19H27ClFN3O2/c1-14(2)3-6-18(25)22-12-19(26)24-9-7-23(8-10-24)13-15-4-5-16(21)11-17(15)20/h4-5,11,14H,3,6-10,12-13H2,1-2H3,(H,22,25). The maximum absolute atomic E-state index is 13.1. The van der Waals surface area contributed by atoms with E-state index in [4.69, 9.17) is 11.6 Å². The Labute approximate surface area is 159 Å². The first-order valence-electron chi connectivity index (χ1n) is 9.06. The van der Waals surface area contributed by atoms with Crippen LogP contribution in [-0.4, -0.2) is 54.3 Å². The summed E-state index contributed by atoms with van der Waals surface area (Å²) in [7, 11) is 0. The van der Waals surface area contributed by atoms with Gasteiger partial charge in [0, 0.05) is 44.2 Å². The summed E-state index contributed by atoms with van der Waals surface area (Å²) in [5, 5.41) is 3.13. The van der Waals surface area contributed by atoms with E-state index in [1.165, 1.54) is 12.1 Å². The molecule has 2 amide bonds. The average molecular weight is 384 g/mol. The molecule has 1 aliphatic heterocycles. The van der Waals surface area contributed by atoms with Crippen LogP contribution < -0.4 is 5.32 Å². The number of halogens is 2. The molecule has 1 N–H and O–H groups in total. The molecule has 144 valence electrons. The van der Waals surface area contributed by atoms with Crippen LogP contribution in [0.15, 0.2) is 18.2 Å². The highest BCUT2D eigenvalue weighted by Gasteiger charge is 2.21. The molecule has 1 aromatic rings. The second kappa shape index (κ2) is 9.88. The van der Waals surface area contributed by atoms with Gasteiger partial charge < -0.3 is 10.2 Å². The van der Waals surface area contributed by atoms with Crippen molar-refractivity contribution < 1.29 is 14.0 Å². The molecular formula is C19H27ClFN3O2. The molecule has 0 atom stereocenters. The van der Waals surface area contributed by atoms with E-state index >= 15 is 0 Å². The number of hydrogen-bond acceptors (Lipinski definition) is 3. The number of benzene rings is 1. The molecule has 1 heterocycles. The Balaban J connectivity index is 1.72. The molecule has 1 aliphatic rings. The average Bonchev–Trinajstić information content (AvgIpc) is 2.61. The third kappa shape index (κ3) is 6.57. The predicted octanol–water partition coefficient (Wildman–Crippen LogP) is 2.68. The lowest BCUT2D eigenvalue weighted by Gasteiger charge is -2.35. The molecule has 1 saturated heterocycles. The largest absolute Gasteiger partial charge is 0.347 e. The third-order valence-corrected chi connectivity index (χ3v) is 4.87. The highest BCUT2D eigenvalue weighted by molar-refractivity contribution is 6.31. The first-order chi connectivity index (χ1) is 12.3. The van der Waals surface area contributed by atoms with Gasteiger partial charge in [0.25, 0.3) is 0 Å². The minimum atomic E-state index is -0.343. The van der Waals surface area contributed by atoms with Gasteiger partial charge in [-0.2, -0.15) is 0 Å². The molecule has 0 aliphatic carbocycles. The van der Waals surface area contributed by atoms with E-state index < -0.39 is 0 Å². The molecule has 0 radical (unpaired) electrons. The molecule has 26 heavy (non-hydrogen) atoms. The lowest BCUT2D eigenvalue weighted by atomic mass is 10.1. The molecule has 0 spiro atoms. The number of hydrogen-bond donors (Lipinski definition) is 1. The lowest BCUT2D eigenvalue weighted by molar-refractivity contribution is -0.134. The fourth-order valence-corrected chi connectivity index (χ4v) is 3.07. The van der Waals surface area contributed by atoms with Crippen LogP contribution in [0.4, 0.5) is 4.39 Å². The van der Waals surface area contributed by atoms with Crippen LogP contribution in [0, 0.1) is 11.7 Å². The zero-order valence-corrected chi connectivity index (χ0v) is 16.2. The Morgan fingerprint density at radius 2 is 1.92 bits per heavy atom. The molecule has 1 aromatic carbocycles. The van der Waals surface area contributed by atoms with Crippen LogP contribution in [-0.2, 0) is 16.1 Å². The molecule has 0 bridgehead atoms. The van der Waals surface area contributed by atoms with Crippen molar-refractivity contribution in [2.45, 2.75) is 33.2 Å². The topological polar surface area (TPSA) is 52.7 Å². The van der Waals surface area contributed by atoms with Crippen LogP contribution >= 0.6 is 11.6 Å². The Bertz CT molecular complexity index is 631. The summed E-state index contributed by atoms with van der Waals surface area (Å²) in [5.74, 6) is 0.00254. The second-order valence-electron chi connectivity index (χ2n) is 7.10. The minimum Gasteiger partial charge on any atom is -0.347 e. The van der Waals surface area contributed by atoms with Crippen molar-refractivity contribution in [3.05, 3.63) is 34.6 Å². The Morgan fingerprint density at radius 1 is 1.23 bits per heavy atom. The third-order valence-electron chi connectivity index (χ3n) is 4.52. The number of nitrogens with one attached hydrogen (secondary N) is 1. The summed E-state index contributed by atoms with van der Waals surface area (Å²) in [6.45, 7) is 7.49. The highest BCUT2D eigenvalue weighted by atomic mass is 35.5. The monoisotopic (exact) mass is 383 g/mol. The van der Waals surface area contributed by atoms with Crippen LogP contribution in [0.2, 0.25) is 5.02 Å². The number of piperazine rings is 1. The van der Waals surface area contributed by atoms with Crippen molar-refractivity contribution >= 4 is 23.4 Å². The van der Waals surface area contributed by atoms with Gasteiger partial charge in [-0.15, -0.1) is 0 Å². The molecule has 0 aromatic heterocycles. The van der Waals surface area contributed by atoms with E-state index in [1.807, 2.05) is 0 Å². The minimum absolute atomic E-state index is 0.0534. The zero-order valence-electron chi connectivity index (χ0n) is 15.4. The van der Waals surface area contributed by atoms with E-state index in [2.05, 4.69) is 24.1 Å². The maximum atomic E-state index is 13.1. The number of rotatable bonds is 7. The summed E-state index contributed by atoms with van der Waals surface area (Å²) >= 11 is 6.07. The Hall–Kier alpha value is -1.66. The van der Waals surface area contributed by atoms with E-state index in [9.17, 15) is 14.0 Å². The van der Waals surface area contributed by atoms with Gasteiger partial charge in [0.15, 0.2) is 0 Å². The van der Waals surface area contributed by atoms with Gasteiger partial charge in [0.05, 0.1) is 6.54 Å². The van der Waals surface area contributed by atoms with Crippen LogP contribution in [0.5, 0.6) is 0 Å². The van der Waals surface area contributed by atoms with Crippen molar-refractivity contribution in [2.75, 3.05) is 32.7 Å². The zero-order chi connectivity index (χ0) is 19.1. The summed E-state index contributed by atoms with van der Waals surface area (Å²) < 4.78 is 13.1. The van der Waals surface area contributed by atoms with Crippen molar-refractivity contribution in [3.63, 3.8) is 0 Å². The number of nitrogens with zero attached hydrogens (tertiary/aromatic N) is 2. The van der Waals surface area contributed by atoms with Gasteiger partial charge in [-0.25, -0.2) is 4.39 Å². The summed E-state index contributed by atoms with van der Waals surface area (Å²) in [6, 6.07) is 4.42. The molecule has 5 nitrogen and oxygen atoms in total. The summed E-state index contributed by atoms with van der Waals surface area (Å²) in [6.07, 6.45) is 1.28. The van der Waals surface area contributed by atoms with Gasteiger partial charge in [-0.1, -0.05) is 31.5 Å². The molecule has 1 fully saturated rings. The second-order valence-corrected chi connectivity index (χ2v) is 7.51. The number of carbonyl (C=O) groups excluding carboxylic acids is 2. The highest BCUT2D eigenvalue weighted by Crippen LogP contribution is 2.19. The van der Waals surface area contributed by atoms with Crippen LogP contribution in [0.3, 0.4) is 0 Å². The SMILES string of the molecule is CC(C)CCC(=O)NCC(=O)N1CCN(Cc2ccc(F)cc2Cl)CC1. The smallest absolute Gasteiger partial charge is 0.242 e. The van der Waals surface area contributed by atoms with E-state index in [1.54, 1.807) is 11.0 Å². The molecule has 7 heteroatoms. The molecular weight excluding hydrogens is 357 g/mol. The molecule has 0 unspecified atom stereocenters. The van der Waals surface area contributed by atoms with E-state index in [-0.39, 0.29) is 24.2 Å². The van der Waals surface area contributed by atoms with Crippen molar-refractivity contribution in [3.8, 4) is 0 Å². The summed E-state index contributed by atoms with van der Waals surface area (Å²) in [4.78, 5) is 27.9. The fourth-order valence-electron chi connectivity index (χ4n) is 2.84. The van der Waals surface area contributed by atoms with Crippen LogP contribution in [0.1, 0.15) is 32.3 Å². The summed E-state index contributed by atoms with van der Waals surface area (Å²) in [5.41, 5.74) is 0.880. The molecule has 2 rings (SSSR count). The normalized spacial score (nSPS) is 15.3. The van der Waals surface area contributed by atoms with E-state index in [0.29, 0.717) is 37.0 Å². The van der Waals surface area contributed by atoms with Crippen molar-refractivity contribution in [1.29, 1.82) is 0 Å². The van der Waals surface area contributed by atoms with Gasteiger partial charge >= 0.3 is 0 Å². The fraction of sp³-hybridized carbons (Fsp3) is 0.579. The van der Waals surface area contributed by atoms with Gasteiger partial charge in [-0.05, 0) is 30.0 Å². The van der Waals surface area contributed by atoms with E-state index in [0.717, 1.165) is 25.1 Å². The molecule has 0 saturated carbocycles. The Morgan fingerprint density at radius 3 is 2.54 bits per heavy atom.